The molecule has 0 aliphatic heterocycles. The van der Waals surface area contributed by atoms with Crippen LogP contribution in [0, 0.1) is 0 Å². The van der Waals surface area contributed by atoms with Crippen molar-refractivity contribution in [3.05, 3.63) is 35.4 Å². The molecule has 0 saturated heterocycles. The molecule has 4 N–H and O–H groups in total. The Morgan fingerprint density at radius 1 is 1.40 bits per heavy atom. The van der Waals surface area contributed by atoms with Gasteiger partial charge in [-0.25, -0.2) is 0 Å². The van der Waals surface area contributed by atoms with Crippen LogP contribution in [0.5, 0.6) is 0 Å². The fourth-order valence-corrected chi connectivity index (χ4v) is 2.00. The maximum Gasteiger partial charge on any atom is 0.251 e. The third-order valence-electron chi connectivity index (χ3n) is 3.47. The van der Waals surface area contributed by atoms with Gasteiger partial charge in [-0.2, -0.15) is 0 Å². The van der Waals surface area contributed by atoms with E-state index in [0.717, 1.165) is 6.54 Å². The zero-order valence-corrected chi connectivity index (χ0v) is 11.5. The second-order valence-corrected chi connectivity index (χ2v) is 5.03. The van der Waals surface area contributed by atoms with Crippen molar-refractivity contribution < 1.29 is 10.0 Å². The highest BCUT2D eigenvalue weighted by Gasteiger charge is 2.25. The lowest BCUT2D eigenvalue weighted by Crippen LogP contribution is -2.33. The second kappa shape index (κ2) is 6.38. The Bertz CT molecular complexity index is 494. The summed E-state index contributed by atoms with van der Waals surface area (Å²) in [7, 11) is 2.08. The first-order valence-corrected chi connectivity index (χ1v) is 6.68. The van der Waals surface area contributed by atoms with Gasteiger partial charge in [-0.3, -0.25) is 4.79 Å². The zero-order valence-electron chi connectivity index (χ0n) is 11.5. The first kappa shape index (κ1) is 14.3. The number of amides is 1. The molecule has 1 amide bonds. The largest absolute Gasteiger partial charge is 0.409 e. The topological polar surface area (TPSA) is 91.0 Å². The van der Waals surface area contributed by atoms with Crippen molar-refractivity contribution in [1.82, 2.24) is 10.2 Å². The number of amidine groups is 1. The van der Waals surface area contributed by atoms with E-state index in [9.17, 15) is 4.79 Å². The average molecular weight is 276 g/mol. The molecule has 6 heteroatoms. The number of carbonyl (C=O) groups is 1. The molecule has 0 aromatic heterocycles. The summed E-state index contributed by atoms with van der Waals surface area (Å²) in [6.45, 7) is 1.49. The van der Waals surface area contributed by atoms with Crippen LogP contribution >= 0.6 is 0 Å². The summed E-state index contributed by atoms with van der Waals surface area (Å²) < 4.78 is 0. The van der Waals surface area contributed by atoms with Gasteiger partial charge in [0.25, 0.3) is 5.91 Å². The van der Waals surface area contributed by atoms with Crippen molar-refractivity contribution in [1.29, 1.82) is 0 Å². The number of nitrogens with zero attached hydrogens (tertiary/aromatic N) is 2. The summed E-state index contributed by atoms with van der Waals surface area (Å²) in [5.41, 5.74) is 6.61. The van der Waals surface area contributed by atoms with Gasteiger partial charge in [0, 0.05) is 30.3 Å². The van der Waals surface area contributed by atoms with Crippen LogP contribution in [-0.2, 0) is 0 Å². The highest BCUT2D eigenvalue weighted by molar-refractivity contribution is 5.99. The van der Waals surface area contributed by atoms with Crippen molar-refractivity contribution >= 4 is 11.7 Å². The number of carbonyl (C=O) groups excluding carboxylic acids is 1. The molecule has 0 spiro atoms. The molecule has 1 aromatic rings. The van der Waals surface area contributed by atoms with Crippen LogP contribution in [0.3, 0.4) is 0 Å². The first-order valence-electron chi connectivity index (χ1n) is 6.68. The van der Waals surface area contributed by atoms with E-state index in [-0.39, 0.29) is 11.7 Å². The van der Waals surface area contributed by atoms with Crippen LogP contribution in [0.15, 0.2) is 29.4 Å². The number of hydrogen-bond acceptors (Lipinski definition) is 4. The van der Waals surface area contributed by atoms with E-state index in [4.69, 9.17) is 10.9 Å². The molecule has 0 heterocycles. The van der Waals surface area contributed by atoms with Gasteiger partial charge in [-0.15, -0.1) is 0 Å². The van der Waals surface area contributed by atoms with Crippen LogP contribution in [0.4, 0.5) is 0 Å². The summed E-state index contributed by atoms with van der Waals surface area (Å²) in [5, 5.41) is 14.4. The third kappa shape index (κ3) is 3.71. The normalized spacial score (nSPS) is 15.4. The van der Waals surface area contributed by atoms with Gasteiger partial charge in [0.2, 0.25) is 0 Å². The SMILES string of the molecule is CN(CCNC(=O)c1ccc(C(N)=NO)cc1)C1CC1. The maximum absolute atomic E-state index is 11.9. The molecular weight excluding hydrogens is 256 g/mol. The molecule has 0 atom stereocenters. The van der Waals surface area contributed by atoms with Crippen molar-refractivity contribution in [2.75, 3.05) is 20.1 Å². The lowest BCUT2D eigenvalue weighted by Gasteiger charge is -2.15. The molecule has 0 radical (unpaired) electrons. The fraction of sp³-hybridized carbons (Fsp3) is 0.429. The lowest BCUT2D eigenvalue weighted by atomic mass is 10.1. The number of benzene rings is 1. The molecular formula is C14H20N4O2. The van der Waals surface area contributed by atoms with E-state index in [1.165, 1.54) is 12.8 Å². The minimum atomic E-state index is -0.111. The summed E-state index contributed by atoms with van der Waals surface area (Å²) in [5.74, 6) is -0.0803. The van der Waals surface area contributed by atoms with Gasteiger partial charge in [-0.1, -0.05) is 17.3 Å². The van der Waals surface area contributed by atoms with Crippen LogP contribution in [0.1, 0.15) is 28.8 Å². The zero-order chi connectivity index (χ0) is 14.5. The van der Waals surface area contributed by atoms with Crippen molar-refractivity contribution in [2.45, 2.75) is 18.9 Å². The molecule has 0 unspecified atom stereocenters. The maximum atomic E-state index is 11.9. The standard InChI is InChI=1S/C14H20N4O2/c1-18(12-6-7-12)9-8-16-14(19)11-4-2-10(3-5-11)13(15)17-20/h2-5,12,20H,6-9H2,1H3,(H2,15,17)(H,16,19). The van der Waals surface area contributed by atoms with Gasteiger partial charge in [0.1, 0.15) is 0 Å². The highest BCUT2D eigenvalue weighted by atomic mass is 16.4. The van der Waals surface area contributed by atoms with E-state index < -0.39 is 0 Å². The highest BCUT2D eigenvalue weighted by Crippen LogP contribution is 2.24. The average Bonchev–Trinajstić information content (AvgIpc) is 3.31. The van der Waals surface area contributed by atoms with Crippen molar-refractivity contribution in [3.8, 4) is 0 Å². The smallest absolute Gasteiger partial charge is 0.251 e. The van der Waals surface area contributed by atoms with E-state index in [2.05, 4.69) is 22.4 Å². The third-order valence-corrected chi connectivity index (χ3v) is 3.47. The summed E-state index contributed by atoms with van der Waals surface area (Å²) >= 11 is 0. The van der Waals surface area contributed by atoms with Crippen LogP contribution < -0.4 is 11.1 Å². The number of rotatable bonds is 6. The molecule has 108 valence electrons. The minimum absolute atomic E-state index is 0.0306. The van der Waals surface area contributed by atoms with E-state index >= 15 is 0 Å². The van der Waals surface area contributed by atoms with E-state index in [1.807, 2.05) is 0 Å². The molecule has 0 bridgehead atoms. The minimum Gasteiger partial charge on any atom is -0.409 e. The summed E-state index contributed by atoms with van der Waals surface area (Å²) in [6, 6.07) is 7.33. The molecule has 2 rings (SSSR count). The summed E-state index contributed by atoms with van der Waals surface area (Å²) in [4.78, 5) is 14.2. The Kier molecular flexibility index (Phi) is 4.57. The Balaban J connectivity index is 1.82. The molecule has 1 aromatic carbocycles. The Labute approximate surface area is 118 Å². The van der Waals surface area contributed by atoms with Gasteiger partial charge >= 0.3 is 0 Å². The summed E-state index contributed by atoms with van der Waals surface area (Å²) in [6.07, 6.45) is 2.53. The first-order chi connectivity index (χ1) is 9.61. The Morgan fingerprint density at radius 3 is 2.55 bits per heavy atom. The van der Waals surface area contributed by atoms with Crippen molar-refractivity contribution in [3.63, 3.8) is 0 Å². The molecule has 20 heavy (non-hydrogen) atoms. The van der Waals surface area contributed by atoms with Gasteiger partial charge in [-0.05, 0) is 32.0 Å². The van der Waals surface area contributed by atoms with Gasteiger partial charge in [0.05, 0.1) is 0 Å². The van der Waals surface area contributed by atoms with Crippen LogP contribution in [-0.4, -0.2) is 48.0 Å². The van der Waals surface area contributed by atoms with E-state index in [1.54, 1.807) is 24.3 Å². The Hall–Kier alpha value is -2.08. The Morgan fingerprint density at radius 2 is 2.00 bits per heavy atom. The molecule has 1 saturated carbocycles. The molecule has 1 aliphatic carbocycles. The second-order valence-electron chi connectivity index (χ2n) is 5.03. The predicted octanol–water partition coefficient (Wildman–Crippen LogP) is 0.605. The number of nitrogens with two attached hydrogens (primary N) is 1. The quantitative estimate of drug-likeness (QED) is 0.307. The number of likely N-dealkylation sites (N-methyl/N-ethyl adjacent to an activating group) is 1. The molecule has 1 aliphatic rings. The van der Waals surface area contributed by atoms with Gasteiger partial charge in [0.15, 0.2) is 5.84 Å². The molecule has 1 fully saturated rings. The predicted molar refractivity (Wildman–Crippen MR) is 76.9 cm³/mol. The van der Waals surface area contributed by atoms with Crippen LogP contribution in [0.25, 0.3) is 0 Å². The number of hydrogen-bond donors (Lipinski definition) is 3. The van der Waals surface area contributed by atoms with Crippen molar-refractivity contribution in [2.24, 2.45) is 10.9 Å². The lowest BCUT2D eigenvalue weighted by molar-refractivity contribution is 0.0949. The fourth-order valence-electron chi connectivity index (χ4n) is 2.00. The molecule has 6 nitrogen and oxygen atoms in total. The number of oxime groups is 1. The van der Waals surface area contributed by atoms with Gasteiger partial charge < -0.3 is 21.2 Å². The number of nitrogens with one attached hydrogen (secondary N) is 1. The van der Waals surface area contributed by atoms with Crippen LogP contribution in [0.2, 0.25) is 0 Å². The van der Waals surface area contributed by atoms with E-state index in [0.29, 0.717) is 23.7 Å². The monoisotopic (exact) mass is 276 g/mol.